The van der Waals surface area contributed by atoms with Gasteiger partial charge in [-0.3, -0.25) is 0 Å². The SMILES string of the molecule is Cc1ccc2[nH]cc(Nc3ccc4ccc(C(F)(F)F)cc4n3)c2n1. The fraction of sp³-hybridized carbons (Fsp3) is 0.111. The monoisotopic (exact) mass is 342 g/mol. The molecule has 0 aliphatic heterocycles. The van der Waals surface area contributed by atoms with Crippen LogP contribution in [0.5, 0.6) is 0 Å². The highest BCUT2D eigenvalue weighted by Gasteiger charge is 2.30. The molecule has 4 rings (SSSR count). The van der Waals surface area contributed by atoms with Crippen LogP contribution < -0.4 is 5.32 Å². The summed E-state index contributed by atoms with van der Waals surface area (Å²) < 4.78 is 38.6. The molecule has 0 saturated carbocycles. The molecule has 4 nitrogen and oxygen atoms in total. The maximum Gasteiger partial charge on any atom is 0.416 e. The van der Waals surface area contributed by atoms with Gasteiger partial charge >= 0.3 is 6.18 Å². The number of aromatic amines is 1. The van der Waals surface area contributed by atoms with Gasteiger partial charge in [0.05, 0.1) is 22.3 Å². The van der Waals surface area contributed by atoms with E-state index in [0.29, 0.717) is 11.2 Å². The van der Waals surface area contributed by atoms with E-state index in [9.17, 15) is 13.2 Å². The number of rotatable bonds is 2. The van der Waals surface area contributed by atoms with Crippen molar-refractivity contribution in [3.8, 4) is 0 Å². The number of alkyl halides is 3. The highest BCUT2D eigenvalue weighted by atomic mass is 19.4. The van der Waals surface area contributed by atoms with Crippen LogP contribution in [0.4, 0.5) is 24.7 Å². The van der Waals surface area contributed by atoms with Crippen LogP contribution in [0.2, 0.25) is 0 Å². The normalized spacial score (nSPS) is 12.0. The Morgan fingerprint density at radius 2 is 1.80 bits per heavy atom. The number of aryl methyl sites for hydroxylation is 1. The first-order chi connectivity index (χ1) is 11.9. The molecular formula is C18H13F3N4. The Kier molecular flexibility index (Phi) is 3.38. The molecule has 0 saturated heterocycles. The number of halogens is 3. The summed E-state index contributed by atoms with van der Waals surface area (Å²) in [6, 6.07) is 10.8. The van der Waals surface area contributed by atoms with Gasteiger partial charge in [0, 0.05) is 17.3 Å². The number of nitrogens with one attached hydrogen (secondary N) is 2. The summed E-state index contributed by atoms with van der Waals surface area (Å²) in [7, 11) is 0. The van der Waals surface area contributed by atoms with Crippen molar-refractivity contribution in [3.05, 3.63) is 59.9 Å². The van der Waals surface area contributed by atoms with E-state index in [1.54, 1.807) is 18.3 Å². The first kappa shape index (κ1) is 15.4. The number of hydrogen-bond donors (Lipinski definition) is 2. The Balaban J connectivity index is 1.74. The molecule has 0 fully saturated rings. The van der Waals surface area contributed by atoms with E-state index in [-0.39, 0.29) is 5.52 Å². The van der Waals surface area contributed by atoms with Gasteiger partial charge in [0.2, 0.25) is 0 Å². The van der Waals surface area contributed by atoms with Crippen molar-refractivity contribution in [2.45, 2.75) is 13.1 Å². The molecule has 0 atom stereocenters. The summed E-state index contributed by atoms with van der Waals surface area (Å²) in [5.74, 6) is 0.455. The van der Waals surface area contributed by atoms with Crippen LogP contribution in [0.15, 0.2) is 48.7 Å². The molecular weight excluding hydrogens is 329 g/mol. The van der Waals surface area contributed by atoms with Crippen LogP contribution in [-0.4, -0.2) is 15.0 Å². The molecule has 0 radical (unpaired) electrons. The van der Waals surface area contributed by atoms with Gasteiger partial charge in [-0.15, -0.1) is 0 Å². The molecule has 7 heteroatoms. The first-order valence-electron chi connectivity index (χ1n) is 7.60. The third-order valence-corrected chi connectivity index (χ3v) is 3.94. The average molecular weight is 342 g/mol. The molecule has 3 aromatic heterocycles. The number of H-pyrrole nitrogens is 1. The fourth-order valence-electron chi connectivity index (χ4n) is 2.69. The zero-order valence-corrected chi connectivity index (χ0v) is 13.1. The smallest absolute Gasteiger partial charge is 0.358 e. The molecule has 0 spiro atoms. The quantitative estimate of drug-likeness (QED) is 0.528. The van der Waals surface area contributed by atoms with E-state index in [0.717, 1.165) is 34.5 Å². The Labute approximate surface area is 140 Å². The topological polar surface area (TPSA) is 53.6 Å². The van der Waals surface area contributed by atoms with Crippen molar-refractivity contribution in [1.82, 2.24) is 15.0 Å². The number of anilines is 2. The average Bonchev–Trinajstić information content (AvgIpc) is 2.95. The largest absolute Gasteiger partial charge is 0.416 e. The van der Waals surface area contributed by atoms with Crippen LogP contribution in [0.3, 0.4) is 0 Å². The predicted molar refractivity (Wildman–Crippen MR) is 90.9 cm³/mol. The van der Waals surface area contributed by atoms with Crippen molar-refractivity contribution < 1.29 is 13.2 Å². The summed E-state index contributed by atoms with van der Waals surface area (Å²) in [5.41, 5.74) is 2.78. The molecule has 0 amide bonds. The lowest BCUT2D eigenvalue weighted by molar-refractivity contribution is -0.137. The van der Waals surface area contributed by atoms with E-state index < -0.39 is 11.7 Å². The van der Waals surface area contributed by atoms with Gasteiger partial charge in [-0.1, -0.05) is 6.07 Å². The summed E-state index contributed by atoms with van der Waals surface area (Å²) in [6.45, 7) is 1.89. The van der Waals surface area contributed by atoms with Crippen LogP contribution in [0, 0.1) is 6.92 Å². The minimum absolute atomic E-state index is 0.281. The zero-order chi connectivity index (χ0) is 17.6. The molecule has 2 N–H and O–H groups in total. The first-order valence-corrected chi connectivity index (χ1v) is 7.60. The second-order valence-electron chi connectivity index (χ2n) is 5.78. The van der Waals surface area contributed by atoms with Crippen LogP contribution in [0.25, 0.3) is 21.9 Å². The molecule has 0 bridgehead atoms. The Bertz CT molecular complexity index is 1080. The number of hydrogen-bond acceptors (Lipinski definition) is 3. The maximum absolute atomic E-state index is 12.9. The predicted octanol–water partition coefficient (Wildman–Crippen LogP) is 5.18. The van der Waals surface area contributed by atoms with Crippen molar-refractivity contribution >= 4 is 33.4 Å². The number of aromatic nitrogens is 3. The van der Waals surface area contributed by atoms with Crippen LogP contribution in [0.1, 0.15) is 11.3 Å². The van der Waals surface area contributed by atoms with E-state index >= 15 is 0 Å². The zero-order valence-electron chi connectivity index (χ0n) is 13.1. The molecule has 1 aromatic carbocycles. The van der Waals surface area contributed by atoms with Gasteiger partial charge < -0.3 is 10.3 Å². The van der Waals surface area contributed by atoms with Gasteiger partial charge in [-0.2, -0.15) is 13.2 Å². The molecule has 0 unspecified atom stereocenters. The van der Waals surface area contributed by atoms with Gasteiger partial charge in [-0.25, -0.2) is 9.97 Å². The van der Waals surface area contributed by atoms with E-state index in [1.165, 1.54) is 6.07 Å². The number of pyridine rings is 2. The lowest BCUT2D eigenvalue weighted by atomic mass is 10.1. The lowest BCUT2D eigenvalue weighted by Crippen LogP contribution is -2.04. The minimum atomic E-state index is -4.39. The molecule has 0 aliphatic rings. The van der Waals surface area contributed by atoms with E-state index in [2.05, 4.69) is 20.3 Å². The Morgan fingerprint density at radius 1 is 1.00 bits per heavy atom. The number of benzene rings is 1. The number of nitrogens with zero attached hydrogens (tertiary/aromatic N) is 2. The third-order valence-electron chi connectivity index (χ3n) is 3.94. The summed E-state index contributed by atoms with van der Waals surface area (Å²) in [5, 5.41) is 3.76. The summed E-state index contributed by atoms with van der Waals surface area (Å²) >= 11 is 0. The Morgan fingerprint density at radius 3 is 2.60 bits per heavy atom. The van der Waals surface area contributed by atoms with Crippen molar-refractivity contribution in [2.75, 3.05) is 5.32 Å². The van der Waals surface area contributed by atoms with Crippen LogP contribution in [-0.2, 0) is 6.18 Å². The van der Waals surface area contributed by atoms with E-state index in [4.69, 9.17) is 0 Å². The fourth-order valence-corrected chi connectivity index (χ4v) is 2.69. The molecule has 126 valence electrons. The summed E-state index contributed by atoms with van der Waals surface area (Å²) in [6.07, 6.45) is -2.63. The van der Waals surface area contributed by atoms with Gasteiger partial charge in [-0.05, 0) is 43.3 Å². The highest BCUT2D eigenvalue weighted by molar-refractivity contribution is 5.91. The molecule has 3 heterocycles. The van der Waals surface area contributed by atoms with Crippen molar-refractivity contribution in [2.24, 2.45) is 0 Å². The van der Waals surface area contributed by atoms with Gasteiger partial charge in [0.1, 0.15) is 11.3 Å². The lowest BCUT2D eigenvalue weighted by Gasteiger charge is -2.09. The molecule has 25 heavy (non-hydrogen) atoms. The van der Waals surface area contributed by atoms with Crippen molar-refractivity contribution in [1.29, 1.82) is 0 Å². The number of fused-ring (bicyclic) bond motifs is 2. The van der Waals surface area contributed by atoms with Crippen molar-refractivity contribution in [3.63, 3.8) is 0 Å². The van der Waals surface area contributed by atoms with E-state index in [1.807, 2.05) is 19.1 Å². The molecule has 4 aromatic rings. The second-order valence-corrected chi connectivity index (χ2v) is 5.78. The molecule has 0 aliphatic carbocycles. The van der Waals surface area contributed by atoms with Gasteiger partial charge in [0.25, 0.3) is 0 Å². The highest BCUT2D eigenvalue weighted by Crippen LogP contribution is 2.32. The third kappa shape index (κ3) is 2.88. The van der Waals surface area contributed by atoms with Gasteiger partial charge in [0.15, 0.2) is 0 Å². The minimum Gasteiger partial charge on any atom is -0.358 e. The summed E-state index contributed by atoms with van der Waals surface area (Å²) in [4.78, 5) is 11.9. The standard InChI is InChI=1S/C18H13F3N4/c1-10-2-6-13-17(23-10)15(9-22-13)25-16-7-4-11-3-5-12(18(19,20)21)8-14(11)24-16/h2-9,22H,1H3,(H,24,25). The Hall–Kier alpha value is -3.09. The second kappa shape index (κ2) is 5.47. The van der Waals surface area contributed by atoms with Crippen LogP contribution >= 0.6 is 0 Å². The maximum atomic E-state index is 12.9.